The Morgan fingerprint density at radius 1 is 1.10 bits per heavy atom. The summed E-state index contributed by atoms with van der Waals surface area (Å²) in [4.78, 5) is 13.0. The lowest BCUT2D eigenvalue weighted by Gasteiger charge is -2.14. The molecule has 1 N–H and O–H groups in total. The number of nitrogens with one attached hydrogen (secondary N) is 1. The molecule has 0 aliphatic heterocycles. The van der Waals surface area contributed by atoms with Crippen molar-refractivity contribution in [1.82, 2.24) is 29.7 Å². The van der Waals surface area contributed by atoms with E-state index in [-0.39, 0.29) is 5.91 Å². The molecule has 0 bridgehead atoms. The largest absolute Gasteiger partial charge is 0.343 e. The van der Waals surface area contributed by atoms with Gasteiger partial charge in [-0.3, -0.25) is 9.20 Å². The Balaban J connectivity index is 1.45. The molecule has 0 atom stereocenters. The zero-order chi connectivity index (χ0) is 19.8. The Bertz CT molecular complexity index is 1210. The van der Waals surface area contributed by atoms with Crippen molar-refractivity contribution in [2.75, 3.05) is 0 Å². The summed E-state index contributed by atoms with van der Waals surface area (Å²) in [5.41, 5.74) is 4.41. The van der Waals surface area contributed by atoms with Crippen LogP contribution in [0.2, 0.25) is 0 Å². The smallest absolute Gasteiger partial charge is 0.272 e. The van der Waals surface area contributed by atoms with Crippen molar-refractivity contribution in [1.29, 1.82) is 0 Å². The average Bonchev–Trinajstić information content (AvgIpc) is 3.34. The number of carbonyl (C=O) groups is 1. The monoisotopic (exact) mass is 450 g/mol. The highest BCUT2D eigenvalue weighted by Gasteiger charge is 2.25. The van der Waals surface area contributed by atoms with Gasteiger partial charge in [-0.25, -0.2) is 4.68 Å². The molecule has 3 aromatic heterocycles. The van der Waals surface area contributed by atoms with Crippen LogP contribution in [0.3, 0.4) is 0 Å². The highest BCUT2D eigenvalue weighted by molar-refractivity contribution is 9.10. The third-order valence-electron chi connectivity index (χ3n) is 5.24. The quantitative estimate of drug-likeness (QED) is 0.516. The number of rotatable bonds is 4. The number of pyridine rings is 1. The molecule has 1 aliphatic carbocycles. The number of carbonyl (C=O) groups excluding carboxylic acids is 1. The SMILES string of the molecule is O=C(NCc1nnc2ccccn12)c1nn(-c2cccc(Br)c2)c2c1CCCC2. The normalized spacial score (nSPS) is 13.4. The molecule has 4 aromatic rings. The molecular weight excluding hydrogens is 432 g/mol. The topological polar surface area (TPSA) is 77.1 Å². The lowest BCUT2D eigenvalue weighted by molar-refractivity contribution is 0.0943. The van der Waals surface area contributed by atoms with E-state index in [1.54, 1.807) is 0 Å². The van der Waals surface area contributed by atoms with Gasteiger partial charge in [0.2, 0.25) is 0 Å². The van der Waals surface area contributed by atoms with Gasteiger partial charge in [-0.15, -0.1) is 10.2 Å². The number of halogens is 1. The van der Waals surface area contributed by atoms with E-state index in [0.29, 0.717) is 18.1 Å². The summed E-state index contributed by atoms with van der Waals surface area (Å²) in [6.07, 6.45) is 5.88. The van der Waals surface area contributed by atoms with Gasteiger partial charge in [0.15, 0.2) is 17.2 Å². The van der Waals surface area contributed by atoms with Crippen LogP contribution in [-0.4, -0.2) is 30.3 Å². The molecule has 29 heavy (non-hydrogen) atoms. The highest BCUT2D eigenvalue weighted by atomic mass is 79.9. The Kier molecular flexibility index (Phi) is 4.63. The maximum atomic E-state index is 13.0. The summed E-state index contributed by atoms with van der Waals surface area (Å²) >= 11 is 3.52. The molecule has 0 unspecified atom stereocenters. The first-order chi connectivity index (χ1) is 14.2. The van der Waals surface area contributed by atoms with E-state index in [9.17, 15) is 4.79 Å². The van der Waals surface area contributed by atoms with Gasteiger partial charge in [-0.2, -0.15) is 5.10 Å². The number of fused-ring (bicyclic) bond motifs is 2. The van der Waals surface area contributed by atoms with Gasteiger partial charge in [0, 0.05) is 21.9 Å². The number of hydrogen-bond acceptors (Lipinski definition) is 4. The molecule has 8 heteroatoms. The van der Waals surface area contributed by atoms with Crippen LogP contribution in [0, 0.1) is 0 Å². The second-order valence-corrected chi connectivity index (χ2v) is 8.02. The standard InChI is InChI=1S/C21H19BrN6O/c22-14-6-5-7-15(12-14)28-17-9-2-1-8-16(17)20(26-28)21(29)23-13-19-25-24-18-10-3-4-11-27(18)19/h3-7,10-12H,1-2,8-9,13H2,(H,23,29). The zero-order valence-corrected chi connectivity index (χ0v) is 17.3. The van der Waals surface area contributed by atoms with E-state index in [4.69, 9.17) is 5.10 Å². The first-order valence-corrected chi connectivity index (χ1v) is 10.4. The first kappa shape index (κ1) is 18.1. The lowest BCUT2D eigenvalue weighted by atomic mass is 9.95. The molecule has 0 fully saturated rings. The first-order valence-electron chi connectivity index (χ1n) is 9.64. The summed E-state index contributed by atoms with van der Waals surface area (Å²) in [5, 5.41) is 16.0. The summed E-state index contributed by atoms with van der Waals surface area (Å²) in [6, 6.07) is 13.7. The van der Waals surface area contributed by atoms with E-state index >= 15 is 0 Å². The molecule has 7 nitrogen and oxygen atoms in total. The molecule has 5 rings (SSSR count). The van der Waals surface area contributed by atoms with Crippen LogP contribution in [0.1, 0.15) is 40.4 Å². The van der Waals surface area contributed by atoms with Gasteiger partial charge in [0.25, 0.3) is 5.91 Å². The number of amides is 1. The van der Waals surface area contributed by atoms with Crippen LogP contribution < -0.4 is 5.32 Å². The molecule has 0 spiro atoms. The van der Waals surface area contributed by atoms with Crippen LogP contribution in [0.25, 0.3) is 11.3 Å². The molecule has 3 heterocycles. The summed E-state index contributed by atoms with van der Waals surface area (Å²) in [7, 11) is 0. The summed E-state index contributed by atoms with van der Waals surface area (Å²) < 4.78 is 4.77. The number of aromatic nitrogens is 5. The molecular formula is C21H19BrN6O. The molecule has 1 aliphatic rings. The van der Waals surface area contributed by atoms with Crippen LogP contribution in [0.15, 0.2) is 53.1 Å². The maximum Gasteiger partial charge on any atom is 0.272 e. The Labute approximate surface area is 175 Å². The second-order valence-electron chi connectivity index (χ2n) is 7.10. The van der Waals surface area contributed by atoms with Crippen molar-refractivity contribution >= 4 is 27.5 Å². The maximum absolute atomic E-state index is 13.0. The van der Waals surface area contributed by atoms with Crippen LogP contribution in [-0.2, 0) is 19.4 Å². The van der Waals surface area contributed by atoms with E-state index < -0.39 is 0 Å². The number of nitrogens with zero attached hydrogens (tertiary/aromatic N) is 5. The van der Waals surface area contributed by atoms with Crippen molar-refractivity contribution in [3.63, 3.8) is 0 Å². The minimum atomic E-state index is -0.176. The predicted molar refractivity (Wildman–Crippen MR) is 112 cm³/mol. The molecule has 0 saturated carbocycles. The van der Waals surface area contributed by atoms with E-state index in [2.05, 4.69) is 31.4 Å². The third kappa shape index (κ3) is 3.33. The van der Waals surface area contributed by atoms with Crippen molar-refractivity contribution in [2.24, 2.45) is 0 Å². The Morgan fingerprint density at radius 3 is 2.90 bits per heavy atom. The van der Waals surface area contributed by atoms with Crippen molar-refractivity contribution in [2.45, 2.75) is 32.2 Å². The van der Waals surface area contributed by atoms with E-state index in [0.717, 1.165) is 52.7 Å². The number of benzene rings is 1. The van der Waals surface area contributed by atoms with Crippen LogP contribution in [0.5, 0.6) is 0 Å². The molecule has 1 aromatic carbocycles. The van der Waals surface area contributed by atoms with Gasteiger partial charge in [0.05, 0.1) is 12.2 Å². The molecule has 0 radical (unpaired) electrons. The highest BCUT2D eigenvalue weighted by Crippen LogP contribution is 2.28. The van der Waals surface area contributed by atoms with Gasteiger partial charge in [0.1, 0.15) is 0 Å². The van der Waals surface area contributed by atoms with Gasteiger partial charge in [-0.1, -0.05) is 28.1 Å². The zero-order valence-electron chi connectivity index (χ0n) is 15.7. The predicted octanol–water partition coefficient (Wildman–Crippen LogP) is 3.49. The summed E-state index contributed by atoms with van der Waals surface area (Å²) in [5.74, 6) is 0.513. The van der Waals surface area contributed by atoms with Crippen molar-refractivity contribution in [3.05, 3.63) is 75.9 Å². The molecule has 146 valence electrons. The fourth-order valence-electron chi connectivity index (χ4n) is 3.86. The average molecular weight is 451 g/mol. The third-order valence-corrected chi connectivity index (χ3v) is 5.73. The Morgan fingerprint density at radius 2 is 2.00 bits per heavy atom. The Hall–Kier alpha value is -3.00. The molecule has 0 saturated heterocycles. The van der Waals surface area contributed by atoms with Gasteiger partial charge >= 0.3 is 0 Å². The minimum absolute atomic E-state index is 0.176. The van der Waals surface area contributed by atoms with Crippen molar-refractivity contribution in [3.8, 4) is 5.69 Å². The fraction of sp³-hybridized carbons (Fsp3) is 0.238. The minimum Gasteiger partial charge on any atom is -0.343 e. The number of hydrogen-bond donors (Lipinski definition) is 1. The van der Waals surface area contributed by atoms with E-state index in [1.165, 1.54) is 0 Å². The fourth-order valence-corrected chi connectivity index (χ4v) is 4.24. The van der Waals surface area contributed by atoms with Gasteiger partial charge in [-0.05, 0) is 56.0 Å². The van der Waals surface area contributed by atoms with Gasteiger partial charge < -0.3 is 5.32 Å². The lowest BCUT2D eigenvalue weighted by Crippen LogP contribution is -2.25. The second kappa shape index (κ2) is 7.44. The summed E-state index contributed by atoms with van der Waals surface area (Å²) in [6.45, 7) is 0.294. The molecule has 1 amide bonds. The van der Waals surface area contributed by atoms with Crippen LogP contribution in [0.4, 0.5) is 0 Å². The van der Waals surface area contributed by atoms with Crippen molar-refractivity contribution < 1.29 is 4.79 Å². The van der Waals surface area contributed by atoms with Crippen LogP contribution >= 0.6 is 15.9 Å². The van der Waals surface area contributed by atoms with E-state index in [1.807, 2.05) is 57.7 Å².